The molecule has 3 N–H and O–H groups in total. The lowest BCUT2D eigenvalue weighted by atomic mass is 9.84. The van der Waals surface area contributed by atoms with Crippen LogP contribution >= 0.6 is 11.6 Å². The molecule has 4 rings (SSSR count). The van der Waals surface area contributed by atoms with Gasteiger partial charge in [0.25, 0.3) is 0 Å². The van der Waals surface area contributed by atoms with E-state index in [2.05, 4.69) is 6.07 Å². The van der Waals surface area contributed by atoms with Crippen molar-refractivity contribution in [1.29, 1.82) is 0 Å². The van der Waals surface area contributed by atoms with Crippen LogP contribution < -0.4 is 0 Å². The summed E-state index contributed by atoms with van der Waals surface area (Å²) in [7, 11) is 0. The highest BCUT2D eigenvalue weighted by Gasteiger charge is 2.46. The van der Waals surface area contributed by atoms with E-state index < -0.39 is 11.7 Å². The van der Waals surface area contributed by atoms with Gasteiger partial charge in [0.15, 0.2) is 0 Å². The summed E-state index contributed by atoms with van der Waals surface area (Å²) in [4.78, 5) is 0. The summed E-state index contributed by atoms with van der Waals surface area (Å²) in [5.41, 5.74) is 3.79. The number of halogens is 1. The van der Waals surface area contributed by atoms with Crippen molar-refractivity contribution >= 4 is 11.6 Å². The van der Waals surface area contributed by atoms with Gasteiger partial charge in [-0.1, -0.05) is 29.8 Å². The first-order valence-corrected chi connectivity index (χ1v) is 9.43. The van der Waals surface area contributed by atoms with E-state index in [1.807, 2.05) is 18.2 Å². The number of benzene rings is 2. The third-order valence-electron chi connectivity index (χ3n) is 5.59. The number of ether oxygens (including phenoxy) is 1. The summed E-state index contributed by atoms with van der Waals surface area (Å²) >= 11 is 6.52. The molecule has 0 saturated carbocycles. The number of rotatable bonds is 3. The summed E-state index contributed by atoms with van der Waals surface area (Å²) in [6.45, 7) is -0.0813. The minimum Gasteiger partial charge on any atom is -0.508 e. The zero-order valence-electron chi connectivity index (χ0n) is 14.5. The molecule has 1 aliphatic heterocycles. The van der Waals surface area contributed by atoms with Gasteiger partial charge in [0.1, 0.15) is 5.75 Å². The molecule has 4 nitrogen and oxygen atoms in total. The average Bonchev–Trinajstić information content (AvgIpc) is 2.93. The fraction of sp³-hybridized carbons (Fsp3) is 0.429. The van der Waals surface area contributed by atoms with Crippen molar-refractivity contribution in [2.45, 2.75) is 49.9 Å². The Morgan fingerprint density at radius 1 is 1.19 bits per heavy atom. The van der Waals surface area contributed by atoms with Crippen molar-refractivity contribution in [3.63, 3.8) is 0 Å². The molecule has 3 atom stereocenters. The van der Waals surface area contributed by atoms with E-state index in [0.717, 1.165) is 40.1 Å². The normalized spacial score (nSPS) is 27.7. The lowest BCUT2D eigenvalue weighted by molar-refractivity contribution is -0.177. The first kappa shape index (κ1) is 17.8. The molecule has 1 aliphatic carbocycles. The van der Waals surface area contributed by atoms with Crippen molar-refractivity contribution in [1.82, 2.24) is 0 Å². The Kier molecular flexibility index (Phi) is 4.70. The Labute approximate surface area is 158 Å². The molecule has 2 aromatic carbocycles. The highest BCUT2D eigenvalue weighted by atomic mass is 35.5. The van der Waals surface area contributed by atoms with Crippen LogP contribution in [0.3, 0.4) is 0 Å². The Bertz CT molecular complexity index is 804. The van der Waals surface area contributed by atoms with Gasteiger partial charge in [0.2, 0.25) is 0 Å². The van der Waals surface area contributed by atoms with Crippen molar-refractivity contribution in [2.75, 3.05) is 6.61 Å². The zero-order chi connectivity index (χ0) is 18.3. The molecule has 2 aliphatic rings. The van der Waals surface area contributed by atoms with Crippen molar-refractivity contribution in [3.8, 4) is 5.75 Å². The quantitative estimate of drug-likeness (QED) is 0.770. The van der Waals surface area contributed by atoms with Crippen LogP contribution in [0, 0.1) is 0 Å². The fourth-order valence-corrected chi connectivity index (χ4v) is 4.61. The third-order valence-corrected chi connectivity index (χ3v) is 5.94. The first-order valence-electron chi connectivity index (χ1n) is 9.05. The second kappa shape index (κ2) is 6.86. The number of aromatic hydroxyl groups is 1. The summed E-state index contributed by atoms with van der Waals surface area (Å²) in [6, 6.07) is 11.2. The lowest BCUT2D eigenvalue weighted by Crippen LogP contribution is -2.44. The summed E-state index contributed by atoms with van der Waals surface area (Å²) < 4.78 is 6.26. The topological polar surface area (TPSA) is 69.9 Å². The average molecular weight is 375 g/mol. The maximum Gasteiger partial charge on any atom is 0.115 e. The van der Waals surface area contributed by atoms with Crippen LogP contribution in [0.5, 0.6) is 5.75 Å². The highest BCUT2D eigenvalue weighted by Crippen LogP contribution is 2.48. The van der Waals surface area contributed by atoms with E-state index in [4.69, 9.17) is 16.3 Å². The smallest absolute Gasteiger partial charge is 0.115 e. The predicted molar refractivity (Wildman–Crippen MR) is 99.6 cm³/mol. The molecule has 1 heterocycles. The van der Waals surface area contributed by atoms with Crippen LogP contribution in [-0.4, -0.2) is 34.1 Å². The molecule has 1 saturated heterocycles. The van der Waals surface area contributed by atoms with E-state index in [0.29, 0.717) is 19.3 Å². The lowest BCUT2D eigenvalue weighted by Gasteiger charge is -2.41. The van der Waals surface area contributed by atoms with Crippen LogP contribution in [0.1, 0.15) is 41.5 Å². The Balaban J connectivity index is 1.69. The molecule has 0 aromatic heterocycles. The molecule has 0 bridgehead atoms. The molecule has 2 aromatic rings. The van der Waals surface area contributed by atoms with Crippen LogP contribution in [0.2, 0.25) is 5.02 Å². The van der Waals surface area contributed by atoms with Gasteiger partial charge in [-0.25, -0.2) is 0 Å². The standard InChI is InChI=1S/C21H23ClO4/c22-20-9-14-5-6-21(11-17(25)10-18(12-23)26-21)19(14)8-15(20)7-13-1-3-16(24)4-2-13/h1-4,8-9,17-18,23-25H,5-7,10-12H2/t17?,18?,21-/m1/s1. The zero-order valence-corrected chi connectivity index (χ0v) is 15.2. The Morgan fingerprint density at radius 3 is 2.69 bits per heavy atom. The van der Waals surface area contributed by atoms with Gasteiger partial charge in [-0.2, -0.15) is 0 Å². The minimum absolute atomic E-state index is 0.0813. The summed E-state index contributed by atoms with van der Waals surface area (Å²) in [5.74, 6) is 0.243. The molecule has 0 amide bonds. The predicted octanol–water partition coefficient (Wildman–Crippen LogP) is 3.31. The summed E-state index contributed by atoms with van der Waals surface area (Å²) in [6.07, 6.45) is 2.55. The molecular weight excluding hydrogens is 352 g/mol. The van der Waals surface area contributed by atoms with Crippen LogP contribution in [0.4, 0.5) is 0 Å². The van der Waals surface area contributed by atoms with Crippen molar-refractivity contribution < 1.29 is 20.1 Å². The van der Waals surface area contributed by atoms with E-state index in [1.54, 1.807) is 12.1 Å². The van der Waals surface area contributed by atoms with Crippen LogP contribution in [-0.2, 0) is 23.2 Å². The molecule has 1 fully saturated rings. The van der Waals surface area contributed by atoms with Crippen LogP contribution in [0.15, 0.2) is 36.4 Å². The largest absolute Gasteiger partial charge is 0.508 e. The number of hydrogen-bond donors (Lipinski definition) is 3. The van der Waals surface area contributed by atoms with Crippen LogP contribution in [0.25, 0.3) is 0 Å². The molecule has 138 valence electrons. The number of phenolic OH excluding ortho intramolecular Hbond substituents is 1. The van der Waals surface area contributed by atoms with E-state index in [9.17, 15) is 15.3 Å². The Morgan fingerprint density at radius 2 is 1.96 bits per heavy atom. The SMILES string of the molecule is OCC1CC(O)C[C@@]2(CCc3cc(Cl)c(Cc4ccc(O)cc4)cc32)O1. The van der Waals surface area contributed by atoms with Gasteiger partial charge >= 0.3 is 0 Å². The molecule has 26 heavy (non-hydrogen) atoms. The molecule has 0 radical (unpaired) electrons. The van der Waals surface area contributed by atoms with E-state index in [-0.39, 0.29) is 18.5 Å². The third kappa shape index (κ3) is 3.23. The fourth-order valence-electron chi connectivity index (χ4n) is 4.36. The first-order chi connectivity index (χ1) is 12.5. The number of phenols is 1. The number of aliphatic hydroxyl groups excluding tert-OH is 2. The van der Waals surface area contributed by atoms with Gasteiger partial charge in [0, 0.05) is 17.9 Å². The van der Waals surface area contributed by atoms with E-state index >= 15 is 0 Å². The highest BCUT2D eigenvalue weighted by molar-refractivity contribution is 6.31. The maximum atomic E-state index is 10.3. The van der Waals surface area contributed by atoms with Crippen molar-refractivity contribution in [2.24, 2.45) is 0 Å². The molecule has 2 unspecified atom stereocenters. The molecular formula is C21H23ClO4. The second-order valence-electron chi connectivity index (χ2n) is 7.45. The van der Waals surface area contributed by atoms with Gasteiger partial charge in [-0.15, -0.1) is 0 Å². The number of hydrogen-bond acceptors (Lipinski definition) is 4. The minimum atomic E-state index is -0.533. The number of fused-ring (bicyclic) bond motifs is 2. The molecule has 1 spiro atoms. The van der Waals surface area contributed by atoms with Crippen molar-refractivity contribution in [3.05, 3.63) is 63.7 Å². The monoisotopic (exact) mass is 374 g/mol. The maximum absolute atomic E-state index is 10.3. The molecule has 5 heteroatoms. The second-order valence-corrected chi connectivity index (χ2v) is 7.86. The Hall–Kier alpha value is -1.59. The van der Waals surface area contributed by atoms with Gasteiger partial charge in [-0.05, 0) is 59.7 Å². The number of aliphatic hydroxyl groups is 2. The number of aryl methyl sites for hydroxylation is 1. The van der Waals surface area contributed by atoms with Gasteiger partial charge < -0.3 is 20.1 Å². The van der Waals surface area contributed by atoms with Gasteiger partial charge in [0.05, 0.1) is 24.4 Å². The van der Waals surface area contributed by atoms with E-state index in [1.165, 1.54) is 0 Å². The van der Waals surface area contributed by atoms with Gasteiger partial charge in [-0.3, -0.25) is 0 Å². The summed E-state index contributed by atoms with van der Waals surface area (Å²) in [5, 5.41) is 30.0.